The van der Waals surface area contributed by atoms with Crippen LogP contribution in [0.1, 0.15) is 42.0 Å². The second kappa shape index (κ2) is 5.54. The molecule has 0 aliphatic heterocycles. The fourth-order valence-electron chi connectivity index (χ4n) is 2.95. The van der Waals surface area contributed by atoms with E-state index in [2.05, 4.69) is 23.7 Å². The molecule has 21 heavy (non-hydrogen) atoms. The molecule has 0 spiro atoms. The maximum atomic E-state index is 12.2. The number of Topliss-reactive ketones (excluding diaryl/α,β-unsaturated/α-hetero) is 1. The van der Waals surface area contributed by atoms with Crippen LogP contribution in [0.2, 0.25) is 0 Å². The summed E-state index contributed by atoms with van der Waals surface area (Å²) >= 11 is 0. The molecule has 0 atom stereocenters. The summed E-state index contributed by atoms with van der Waals surface area (Å²) in [5.74, 6) is 0.237. The molecule has 1 aliphatic rings. The molecule has 0 fully saturated rings. The van der Waals surface area contributed by atoms with E-state index in [4.69, 9.17) is 0 Å². The molecule has 0 saturated carbocycles. The summed E-state index contributed by atoms with van der Waals surface area (Å²) in [5, 5.41) is 2.87. The summed E-state index contributed by atoms with van der Waals surface area (Å²) in [6, 6.07) is 1.89. The fourth-order valence-corrected chi connectivity index (χ4v) is 2.95. The molecule has 0 bridgehead atoms. The van der Waals surface area contributed by atoms with Crippen LogP contribution in [0.3, 0.4) is 0 Å². The number of nitrogens with zero attached hydrogens (tertiary/aromatic N) is 2. The molecule has 0 saturated heterocycles. The number of hydrogen-bond acceptors (Lipinski definition) is 2. The van der Waals surface area contributed by atoms with Crippen molar-refractivity contribution in [2.24, 2.45) is 5.41 Å². The van der Waals surface area contributed by atoms with Gasteiger partial charge in [-0.25, -0.2) is 4.79 Å². The Morgan fingerprint density at radius 3 is 2.67 bits per heavy atom. The number of fused-ring (bicyclic) bond motifs is 1. The number of nitrogens with one attached hydrogen (secondary N) is 1. The summed E-state index contributed by atoms with van der Waals surface area (Å²) in [7, 11) is 3.44. The van der Waals surface area contributed by atoms with Gasteiger partial charge in [-0.3, -0.25) is 4.79 Å². The quantitative estimate of drug-likeness (QED) is 0.928. The Bertz CT molecular complexity index is 570. The van der Waals surface area contributed by atoms with E-state index in [9.17, 15) is 9.59 Å². The lowest BCUT2D eigenvalue weighted by Crippen LogP contribution is -2.36. The van der Waals surface area contributed by atoms with Gasteiger partial charge in [0.2, 0.25) is 0 Å². The van der Waals surface area contributed by atoms with Crippen molar-refractivity contribution in [1.82, 2.24) is 14.8 Å². The highest BCUT2D eigenvalue weighted by atomic mass is 16.2. The van der Waals surface area contributed by atoms with Gasteiger partial charge in [0.25, 0.3) is 0 Å². The number of urea groups is 1. The average Bonchev–Trinajstić information content (AvgIpc) is 2.65. The van der Waals surface area contributed by atoms with Crippen molar-refractivity contribution in [3.8, 4) is 0 Å². The van der Waals surface area contributed by atoms with E-state index in [0.717, 1.165) is 23.4 Å². The van der Waals surface area contributed by atoms with Crippen molar-refractivity contribution in [1.29, 1.82) is 0 Å². The SMILES string of the molecule is Cc1cc2c(n1CCNC(=O)N(C)C)CC(C)(C)CC2=O. The van der Waals surface area contributed by atoms with Crippen LogP contribution in [0.4, 0.5) is 4.79 Å². The Labute approximate surface area is 126 Å². The maximum absolute atomic E-state index is 12.2. The van der Waals surface area contributed by atoms with E-state index < -0.39 is 0 Å². The molecule has 0 unspecified atom stereocenters. The Kier molecular flexibility index (Phi) is 4.12. The van der Waals surface area contributed by atoms with Crippen LogP contribution in [0.25, 0.3) is 0 Å². The second-order valence-electron chi connectivity index (χ2n) is 6.87. The van der Waals surface area contributed by atoms with E-state index in [1.807, 2.05) is 13.0 Å². The maximum Gasteiger partial charge on any atom is 0.316 e. The summed E-state index contributed by atoms with van der Waals surface area (Å²) in [5.41, 5.74) is 3.09. The lowest BCUT2D eigenvalue weighted by molar-refractivity contribution is 0.0910. The molecule has 1 aromatic heterocycles. The zero-order chi connectivity index (χ0) is 15.8. The predicted molar refractivity (Wildman–Crippen MR) is 82.7 cm³/mol. The largest absolute Gasteiger partial charge is 0.346 e. The van der Waals surface area contributed by atoms with Gasteiger partial charge in [-0.2, -0.15) is 0 Å². The number of amides is 2. The minimum absolute atomic E-state index is 0.0134. The topological polar surface area (TPSA) is 54.3 Å². The van der Waals surface area contributed by atoms with Crippen molar-refractivity contribution in [2.45, 2.75) is 40.2 Å². The summed E-state index contributed by atoms with van der Waals surface area (Å²) in [4.78, 5) is 25.3. The molecule has 2 amide bonds. The van der Waals surface area contributed by atoms with Crippen molar-refractivity contribution in [3.05, 3.63) is 23.0 Å². The smallest absolute Gasteiger partial charge is 0.316 e. The highest BCUT2D eigenvalue weighted by molar-refractivity contribution is 5.99. The van der Waals surface area contributed by atoms with Gasteiger partial charge < -0.3 is 14.8 Å². The molecule has 5 heteroatoms. The predicted octanol–water partition coefficient (Wildman–Crippen LogP) is 2.22. The molecule has 0 radical (unpaired) electrons. The van der Waals surface area contributed by atoms with Crippen LogP contribution < -0.4 is 5.32 Å². The highest BCUT2D eigenvalue weighted by Crippen LogP contribution is 2.36. The molecule has 2 rings (SSSR count). The van der Waals surface area contributed by atoms with Gasteiger partial charge in [0, 0.05) is 50.6 Å². The number of rotatable bonds is 3. The van der Waals surface area contributed by atoms with Gasteiger partial charge in [0.1, 0.15) is 0 Å². The van der Waals surface area contributed by atoms with E-state index in [1.54, 1.807) is 14.1 Å². The number of carbonyl (C=O) groups excluding carboxylic acids is 2. The summed E-state index contributed by atoms with van der Waals surface area (Å²) in [6.45, 7) is 7.55. The van der Waals surface area contributed by atoms with Crippen LogP contribution in [0.5, 0.6) is 0 Å². The van der Waals surface area contributed by atoms with Crippen molar-refractivity contribution in [2.75, 3.05) is 20.6 Å². The van der Waals surface area contributed by atoms with Crippen LogP contribution in [-0.4, -0.2) is 41.9 Å². The van der Waals surface area contributed by atoms with Crippen molar-refractivity contribution in [3.63, 3.8) is 0 Å². The molecule has 5 nitrogen and oxygen atoms in total. The molecule has 1 heterocycles. The third-order valence-electron chi connectivity index (χ3n) is 4.02. The van der Waals surface area contributed by atoms with E-state index >= 15 is 0 Å². The van der Waals surface area contributed by atoms with Crippen LogP contribution in [-0.2, 0) is 13.0 Å². The molecule has 116 valence electrons. The first-order valence-electron chi connectivity index (χ1n) is 7.38. The molecular formula is C16H25N3O2. The Balaban J connectivity index is 2.15. The number of ketones is 1. The second-order valence-corrected chi connectivity index (χ2v) is 6.87. The minimum Gasteiger partial charge on any atom is -0.346 e. The Hall–Kier alpha value is -1.78. The Morgan fingerprint density at radius 2 is 2.05 bits per heavy atom. The number of carbonyl (C=O) groups is 2. The fraction of sp³-hybridized carbons (Fsp3) is 0.625. The van der Waals surface area contributed by atoms with Gasteiger partial charge >= 0.3 is 6.03 Å². The van der Waals surface area contributed by atoms with Crippen molar-refractivity contribution < 1.29 is 9.59 Å². The van der Waals surface area contributed by atoms with Gasteiger partial charge in [0.15, 0.2) is 5.78 Å². The highest BCUT2D eigenvalue weighted by Gasteiger charge is 2.33. The first-order valence-corrected chi connectivity index (χ1v) is 7.38. The zero-order valence-electron chi connectivity index (χ0n) is 13.6. The summed E-state index contributed by atoms with van der Waals surface area (Å²) < 4.78 is 2.17. The minimum atomic E-state index is -0.0925. The van der Waals surface area contributed by atoms with Gasteiger partial charge in [-0.1, -0.05) is 13.8 Å². The van der Waals surface area contributed by atoms with Crippen LogP contribution in [0, 0.1) is 12.3 Å². The average molecular weight is 291 g/mol. The molecular weight excluding hydrogens is 266 g/mol. The third kappa shape index (κ3) is 3.28. The van der Waals surface area contributed by atoms with Gasteiger partial charge in [-0.15, -0.1) is 0 Å². The summed E-state index contributed by atoms with van der Waals surface area (Å²) in [6.07, 6.45) is 1.52. The lowest BCUT2D eigenvalue weighted by Gasteiger charge is -2.30. The van der Waals surface area contributed by atoms with Gasteiger partial charge in [-0.05, 0) is 24.8 Å². The standard InChI is InChI=1S/C16H25N3O2/c1-11-8-12-13(9-16(2,3)10-14(12)20)19(11)7-6-17-15(21)18(4)5/h8H,6-7,9-10H2,1-5H3,(H,17,21). The van der Waals surface area contributed by atoms with E-state index in [0.29, 0.717) is 19.5 Å². The molecule has 1 aliphatic carbocycles. The first-order chi connectivity index (χ1) is 9.71. The van der Waals surface area contributed by atoms with Crippen LogP contribution >= 0.6 is 0 Å². The Morgan fingerprint density at radius 1 is 1.38 bits per heavy atom. The molecule has 0 aromatic carbocycles. The molecule has 1 aromatic rings. The third-order valence-corrected chi connectivity index (χ3v) is 4.02. The lowest BCUT2D eigenvalue weighted by atomic mass is 9.76. The first kappa shape index (κ1) is 15.6. The van der Waals surface area contributed by atoms with E-state index in [-0.39, 0.29) is 17.2 Å². The number of hydrogen-bond donors (Lipinski definition) is 1. The van der Waals surface area contributed by atoms with Crippen LogP contribution in [0.15, 0.2) is 6.07 Å². The number of aryl methyl sites for hydroxylation is 1. The van der Waals surface area contributed by atoms with Gasteiger partial charge in [0.05, 0.1) is 0 Å². The monoisotopic (exact) mass is 291 g/mol. The van der Waals surface area contributed by atoms with Crippen molar-refractivity contribution >= 4 is 11.8 Å². The zero-order valence-corrected chi connectivity index (χ0v) is 13.6. The number of aromatic nitrogens is 1. The normalized spacial score (nSPS) is 16.5. The van der Waals surface area contributed by atoms with E-state index in [1.165, 1.54) is 4.90 Å². The molecule has 1 N–H and O–H groups in total.